The van der Waals surface area contributed by atoms with Gasteiger partial charge in [-0.25, -0.2) is 13.2 Å². The molecule has 0 aromatic heterocycles. The van der Waals surface area contributed by atoms with Gasteiger partial charge in [-0.2, -0.15) is 0 Å². The monoisotopic (exact) mass is 302 g/mol. The molecule has 7 heteroatoms. The minimum Gasteiger partial charge on any atom is -0.378 e. The Morgan fingerprint density at radius 1 is 1.19 bits per heavy atom. The van der Waals surface area contributed by atoms with Crippen molar-refractivity contribution in [3.63, 3.8) is 0 Å². The molecule has 2 N–H and O–H groups in total. The SMILES string of the molecule is NC(CC(=O)N1CCOCC1)Cc1cc(F)c(F)cc1F. The molecule has 1 amide bonds. The molecule has 0 radical (unpaired) electrons. The van der Waals surface area contributed by atoms with Crippen LogP contribution in [0.15, 0.2) is 12.1 Å². The Hall–Kier alpha value is -1.60. The number of hydrogen-bond donors (Lipinski definition) is 1. The first-order chi connectivity index (χ1) is 9.97. The maximum absolute atomic E-state index is 13.5. The van der Waals surface area contributed by atoms with Crippen LogP contribution in [-0.4, -0.2) is 43.2 Å². The molecule has 0 aliphatic carbocycles. The Morgan fingerprint density at radius 2 is 1.81 bits per heavy atom. The molecular weight excluding hydrogens is 285 g/mol. The summed E-state index contributed by atoms with van der Waals surface area (Å²) in [6, 6.07) is 0.616. The smallest absolute Gasteiger partial charge is 0.224 e. The predicted molar refractivity (Wildman–Crippen MR) is 70.0 cm³/mol. The normalized spacial score (nSPS) is 16.9. The lowest BCUT2D eigenvalue weighted by molar-refractivity contribution is -0.135. The molecule has 1 aromatic carbocycles. The standard InChI is InChI=1S/C14H17F3N2O2/c15-11-8-13(17)12(16)6-9(11)5-10(18)7-14(20)19-1-3-21-4-2-19/h6,8,10H,1-5,7,18H2. The van der Waals surface area contributed by atoms with Crippen molar-refractivity contribution in [3.8, 4) is 0 Å². The summed E-state index contributed by atoms with van der Waals surface area (Å²) in [6.07, 6.45) is -0.00243. The van der Waals surface area contributed by atoms with Crippen LogP contribution in [-0.2, 0) is 16.0 Å². The second-order valence-corrected chi connectivity index (χ2v) is 5.02. The van der Waals surface area contributed by atoms with E-state index in [2.05, 4.69) is 0 Å². The minimum atomic E-state index is -1.24. The summed E-state index contributed by atoms with van der Waals surface area (Å²) in [7, 11) is 0. The summed E-state index contributed by atoms with van der Waals surface area (Å²) in [6.45, 7) is 1.98. The number of carbonyl (C=O) groups is 1. The first-order valence-electron chi connectivity index (χ1n) is 6.72. The lowest BCUT2D eigenvalue weighted by atomic mass is 10.0. The Morgan fingerprint density at radius 3 is 2.48 bits per heavy atom. The van der Waals surface area contributed by atoms with Gasteiger partial charge in [-0.05, 0) is 18.1 Å². The minimum absolute atomic E-state index is 0.0262. The van der Waals surface area contributed by atoms with Crippen molar-refractivity contribution in [2.75, 3.05) is 26.3 Å². The molecule has 4 nitrogen and oxygen atoms in total. The van der Waals surface area contributed by atoms with Gasteiger partial charge in [0.15, 0.2) is 11.6 Å². The summed E-state index contributed by atoms with van der Waals surface area (Å²) in [4.78, 5) is 13.6. The zero-order valence-electron chi connectivity index (χ0n) is 11.4. The zero-order valence-corrected chi connectivity index (χ0v) is 11.4. The third-order valence-corrected chi connectivity index (χ3v) is 3.37. The molecule has 1 aliphatic rings. The molecule has 21 heavy (non-hydrogen) atoms. The third-order valence-electron chi connectivity index (χ3n) is 3.37. The molecule has 0 spiro atoms. The van der Waals surface area contributed by atoms with Crippen molar-refractivity contribution in [1.29, 1.82) is 0 Å². The van der Waals surface area contributed by atoms with E-state index >= 15 is 0 Å². The Bertz CT molecular complexity index is 519. The molecule has 1 saturated heterocycles. The van der Waals surface area contributed by atoms with Crippen LogP contribution in [0.5, 0.6) is 0 Å². The summed E-state index contributed by atoms with van der Waals surface area (Å²) in [5, 5.41) is 0. The number of halogens is 3. The molecule has 1 heterocycles. The molecule has 2 rings (SSSR count). The van der Waals surface area contributed by atoms with E-state index in [-0.39, 0.29) is 24.3 Å². The molecular formula is C14H17F3N2O2. The van der Waals surface area contributed by atoms with Crippen molar-refractivity contribution >= 4 is 5.91 Å². The van der Waals surface area contributed by atoms with Crippen LogP contribution in [0.4, 0.5) is 13.2 Å². The fraction of sp³-hybridized carbons (Fsp3) is 0.500. The van der Waals surface area contributed by atoms with Gasteiger partial charge in [0, 0.05) is 31.6 Å². The highest BCUT2D eigenvalue weighted by Crippen LogP contribution is 2.16. The lowest BCUT2D eigenvalue weighted by Crippen LogP contribution is -2.43. The number of rotatable bonds is 4. The van der Waals surface area contributed by atoms with Gasteiger partial charge in [-0.3, -0.25) is 4.79 Å². The van der Waals surface area contributed by atoms with Gasteiger partial charge in [0.25, 0.3) is 0 Å². The van der Waals surface area contributed by atoms with E-state index in [0.29, 0.717) is 32.4 Å². The third kappa shape index (κ3) is 4.18. The van der Waals surface area contributed by atoms with Gasteiger partial charge in [0.05, 0.1) is 13.2 Å². The Labute approximate surface area is 120 Å². The number of ether oxygens (including phenoxy) is 1. The van der Waals surface area contributed by atoms with E-state index in [9.17, 15) is 18.0 Å². The quantitative estimate of drug-likeness (QED) is 0.851. The number of hydrogen-bond acceptors (Lipinski definition) is 3. The van der Waals surface area contributed by atoms with E-state index in [1.54, 1.807) is 4.90 Å². The molecule has 116 valence electrons. The largest absolute Gasteiger partial charge is 0.378 e. The van der Waals surface area contributed by atoms with Crippen LogP contribution in [0.1, 0.15) is 12.0 Å². The van der Waals surface area contributed by atoms with Gasteiger partial charge in [0.2, 0.25) is 5.91 Å². The van der Waals surface area contributed by atoms with Gasteiger partial charge >= 0.3 is 0 Å². The summed E-state index contributed by atoms with van der Waals surface area (Å²) >= 11 is 0. The fourth-order valence-electron chi connectivity index (χ4n) is 2.24. The van der Waals surface area contributed by atoms with Crippen molar-refractivity contribution in [2.24, 2.45) is 5.73 Å². The van der Waals surface area contributed by atoms with Crippen molar-refractivity contribution in [1.82, 2.24) is 4.90 Å². The maximum atomic E-state index is 13.5. The summed E-state index contributed by atoms with van der Waals surface area (Å²) < 4.78 is 44.6. The van der Waals surface area contributed by atoms with Crippen LogP contribution in [0.25, 0.3) is 0 Å². The summed E-state index contributed by atoms with van der Waals surface area (Å²) in [5.41, 5.74) is 5.78. The molecule has 1 fully saturated rings. The zero-order chi connectivity index (χ0) is 15.4. The van der Waals surface area contributed by atoms with Gasteiger partial charge in [0.1, 0.15) is 5.82 Å². The molecule has 1 aliphatic heterocycles. The van der Waals surface area contributed by atoms with Gasteiger partial charge in [-0.15, -0.1) is 0 Å². The second-order valence-electron chi connectivity index (χ2n) is 5.02. The van der Waals surface area contributed by atoms with Gasteiger partial charge in [-0.1, -0.05) is 0 Å². The number of benzene rings is 1. The average Bonchev–Trinajstić information content (AvgIpc) is 2.45. The van der Waals surface area contributed by atoms with Gasteiger partial charge < -0.3 is 15.4 Å². The second kappa shape index (κ2) is 6.91. The molecule has 0 saturated carbocycles. The number of nitrogens with zero attached hydrogens (tertiary/aromatic N) is 1. The molecule has 1 atom stereocenters. The first-order valence-corrected chi connectivity index (χ1v) is 6.72. The lowest BCUT2D eigenvalue weighted by Gasteiger charge is -2.27. The van der Waals surface area contributed by atoms with Crippen molar-refractivity contribution in [3.05, 3.63) is 35.1 Å². The predicted octanol–water partition coefficient (Wildman–Crippen LogP) is 1.22. The van der Waals surface area contributed by atoms with Crippen LogP contribution in [0.2, 0.25) is 0 Å². The van der Waals surface area contributed by atoms with Crippen molar-refractivity contribution in [2.45, 2.75) is 18.9 Å². The molecule has 0 bridgehead atoms. The topological polar surface area (TPSA) is 55.6 Å². The van der Waals surface area contributed by atoms with E-state index in [0.717, 1.165) is 6.07 Å². The van der Waals surface area contributed by atoms with Crippen molar-refractivity contribution < 1.29 is 22.7 Å². The van der Waals surface area contributed by atoms with E-state index in [1.807, 2.05) is 0 Å². The van der Waals surface area contributed by atoms with Crippen LogP contribution in [0, 0.1) is 17.5 Å². The van der Waals surface area contributed by atoms with E-state index in [4.69, 9.17) is 10.5 Å². The number of morpholine rings is 1. The molecule has 1 aromatic rings. The van der Waals surface area contributed by atoms with Crippen LogP contribution >= 0.6 is 0 Å². The Kier molecular flexibility index (Phi) is 5.19. The van der Waals surface area contributed by atoms with E-state index in [1.165, 1.54) is 0 Å². The first kappa shape index (κ1) is 15.8. The number of amides is 1. The van der Waals surface area contributed by atoms with Crippen LogP contribution < -0.4 is 5.73 Å². The van der Waals surface area contributed by atoms with Crippen LogP contribution in [0.3, 0.4) is 0 Å². The average molecular weight is 302 g/mol. The highest BCUT2D eigenvalue weighted by Gasteiger charge is 2.20. The Balaban J connectivity index is 1.93. The molecule has 1 unspecified atom stereocenters. The fourth-order valence-corrected chi connectivity index (χ4v) is 2.24. The highest BCUT2D eigenvalue weighted by atomic mass is 19.2. The maximum Gasteiger partial charge on any atom is 0.224 e. The number of nitrogens with two attached hydrogens (primary N) is 1. The van der Waals surface area contributed by atoms with E-state index < -0.39 is 23.5 Å². The number of carbonyl (C=O) groups excluding carboxylic acids is 1. The highest BCUT2D eigenvalue weighted by molar-refractivity contribution is 5.76. The summed E-state index contributed by atoms with van der Waals surface area (Å²) in [5.74, 6) is -3.37.